The predicted molar refractivity (Wildman–Crippen MR) is 158 cm³/mol. The van der Waals surface area contributed by atoms with Crippen molar-refractivity contribution < 1.29 is 9.72 Å². The van der Waals surface area contributed by atoms with Gasteiger partial charge in [0.25, 0.3) is 12.1 Å². The number of nitrogens with zero attached hydrogens (tertiary/aromatic N) is 3. The number of hydrogen-bond donors (Lipinski definition) is 4. The van der Waals surface area contributed by atoms with Gasteiger partial charge in [0.05, 0.1) is 16.1 Å². The highest BCUT2D eigenvalue weighted by atomic mass is 32.1. The van der Waals surface area contributed by atoms with E-state index in [1.807, 2.05) is 47.8 Å². The molecule has 0 bridgehead atoms. The topological polar surface area (TPSA) is 134 Å². The third-order valence-electron chi connectivity index (χ3n) is 5.92. The number of para-hydroxylation sites is 1. The van der Waals surface area contributed by atoms with E-state index in [4.69, 9.17) is 0 Å². The number of carbonyl (C=O) groups excluding carboxylic acids is 1. The van der Waals surface area contributed by atoms with Crippen molar-refractivity contribution in [2.75, 3.05) is 16.0 Å². The lowest BCUT2D eigenvalue weighted by molar-refractivity contribution is -0.403. The molecule has 0 aliphatic heterocycles. The summed E-state index contributed by atoms with van der Waals surface area (Å²) in [5.41, 5.74) is 4.71. The summed E-state index contributed by atoms with van der Waals surface area (Å²) in [7, 11) is 0. The maximum Gasteiger partial charge on any atom is 0.274 e. The fourth-order valence-electron chi connectivity index (χ4n) is 4.07. The molecule has 2 aromatic carbocycles. The molecule has 0 spiro atoms. The molecule has 0 fully saturated rings. The number of thiophene rings is 1. The minimum atomic E-state index is -0.537. The third-order valence-corrected chi connectivity index (χ3v) is 6.83. The maximum absolute atomic E-state index is 13.2. The molecule has 0 radical (unpaired) electrons. The Balaban J connectivity index is 1.24. The highest BCUT2D eigenvalue weighted by Crippen LogP contribution is 2.26. The quantitative estimate of drug-likeness (QED) is 0.119. The average Bonchev–Trinajstić information content (AvgIpc) is 3.44. The van der Waals surface area contributed by atoms with Crippen LogP contribution < -0.4 is 21.3 Å². The first kappa shape index (κ1) is 26.3. The van der Waals surface area contributed by atoms with Gasteiger partial charge in [-0.15, -0.1) is 11.3 Å². The largest absolute Gasteiger partial charge is 0.380 e. The number of benzene rings is 2. The summed E-state index contributed by atoms with van der Waals surface area (Å²) < 4.78 is 0. The van der Waals surface area contributed by atoms with Crippen LogP contribution in [0.15, 0.2) is 109 Å². The highest BCUT2D eigenvalue weighted by molar-refractivity contribution is 7.12. The molecule has 0 aliphatic carbocycles. The minimum absolute atomic E-state index is 0.200. The summed E-state index contributed by atoms with van der Waals surface area (Å²) in [5, 5.41) is 26.4. The van der Waals surface area contributed by atoms with Gasteiger partial charge >= 0.3 is 0 Å². The van der Waals surface area contributed by atoms with Crippen LogP contribution in [-0.4, -0.2) is 20.8 Å². The Morgan fingerprint density at radius 3 is 2.62 bits per heavy atom. The van der Waals surface area contributed by atoms with Crippen molar-refractivity contribution in [3.8, 4) is 0 Å². The number of anilines is 3. The zero-order valence-corrected chi connectivity index (χ0v) is 22.0. The van der Waals surface area contributed by atoms with Gasteiger partial charge in [-0.2, -0.15) is 0 Å². The molecule has 0 atom stereocenters. The molecule has 5 rings (SSSR count). The summed E-state index contributed by atoms with van der Waals surface area (Å²) in [6.45, 7) is 0.886. The number of nitro groups is 1. The van der Waals surface area contributed by atoms with E-state index in [2.05, 4.69) is 31.2 Å². The molecule has 10 nitrogen and oxygen atoms in total. The monoisotopic (exact) mass is 551 g/mol. The third kappa shape index (κ3) is 6.77. The Bertz CT molecular complexity index is 1670. The molecule has 1 amide bonds. The number of rotatable bonds is 11. The molecular formula is C29H25N7O3S. The number of aromatic nitrogens is 2. The molecule has 200 valence electrons. The summed E-state index contributed by atoms with van der Waals surface area (Å²) in [4.78, 5) is 32.8. The van der Waals surface area contributed by atoms with E-state index >= 15 is 0 Å². The molecule has 40 heavy (non-hydrogen) atoms. The first-order chi connectivity index (χ1) is 19.5. The summed E-state index contributed by atoms with van der Waals surface area (Å²) in [5.74, 6) is -0.0595. The molecule has 0 aliphatic rings. The number of pyridine rings is 2. The van der Waals surface area contributed by atoms with Gasteiger partial charge in [0, 0.05) is 48.4 Å². The molecule has 4 N–H and O–H groups in total. The Hall–Kier alpha value is -5.29. The van der Waals surface area contributed by atoms with E-state index in [9.17, 15) is 14.9 Å². The van der Waals surface area contributed by atoms with Crippen molar-refractivity contribution in [1.82, 2.24) is 15.3 Å². The van der Waals surface area contributed by atoms with Gasteiger partial charge in [0.15, 0.2) is 5.82 Å². The Morgan fingerprint density at radius 2 is 1.80 bits per heavy atom. The van der Waals surface area contributed by atoms with E-state index in [1.165, 1.54) is 11.3 Å². The fraction of sp³-hybridized carbons (Fsp3) is 0.0690. The SMILES string of the molecule is O=C(Nc1cccc(NC(=C[N+](=O)[O-])NCc2cccnc2)c1)c1sccc1NCc1ccnc2ccccc12. The summed E-state index contributed by atoms with van der Waals surface area (Å²) in [6.07, 6.45) is 5.98. The molecule has 5 aromatic rings. The van der Waals surface area contributed by atoms with Crippen LogP contribution in [0.3, 0.4) is 0 Å². The van der Waals surface area contributed by atoms with Crippen molar-refractivity contribution in [2.24, 2.45) is 0 Å². The van der Waals surface area contributed by atoms with Gasteiger partial charge in [0.2, 0.25) is 0 Å². The van der Waals surface area contributed by atoms with Crippen LogP contribution in [0.2, 0.25) is 0 Å². The minimum Gasteiger partial charge on any atom is -0.380 e. The number of hydrogen-bond acceptors (Lipinski definition) is 9. The van der Waals surface area contributed by atoms with E-state index in [1.54, 1.807) is 48.9 Å². The predicted octanol–water partition coefficient (Wildman–Crippen LogP) is 5.83. The molecule has 0 unspecified atom stereocenters. The second kappa shape index (κ2) is 12.5. The number of amides is 1. The fourth-order valence-corrected chi connectivity index (χ4v) is 4.84. The van der Waals surface area contributed by atoms with Gasteiger partial charge < -0.3 is 21.3 Å². The van der Waals surface area contributed by atoms with Crippen LogP contribution in [0.5, 0.6) is 0 Å². The van der Waals surface area contributed by atoms with E-state index < -0.39 is 4.92 Å². The molecular weight excluding hydrogens is 526 g/mol. The Labute approximate surface area is 234 Å². The molecule has 11 heteroatoms. The van der Waals surface area contributed by atoms with Crippen LogP contribution in [0.4, 0.5) is 17.1 Å². The van der Waals surface area contributed by atoms with Crippen molar-refractivity contribution >= 4 is 45.2 Å². The van der Waals surface area contributed by atoms with Gasteiger partial charge in [-0.05, 0) is 59.0 Å². The van der Waals surface area contributed by atoms with Crippen LogP contribution >= 0.6 is 11.3 Å². The standard InChI is InChI=1S/C29H25N7O3S/c37-29(28-26(11-14-40-28)32-18-21-10-13-31-25-9-2-1-8-24(21)25)35-23-7-3-6-22(15-23)34-27(19-36(38)39)33-17-20-5-4-12-30-16-20/h1-16,19,32-34H,17-18H2,(H,35,37). The van der Waals surface area contributed by atoms with Gasteiger partial charge in [0.1, 0.15) is 4.88 Å². The normalized spacial score (nSPS) is 11.2. The molecule has 0 saturated heterocycles. The lowest BCUT2D eigenvalue weighted by Gasteiger charge is -2.13. The molecule has 3 heterocycles. The van der Waals surface area contributed by atoms with Crippen molar-refractivity contribution in [3.05, 3.63) is 135 Å². The summed E-state index contributed by atoms with van der Waals surface area (Å²) >= 11 is 1.34. The smallest absolute Gasteiger partial charge is 0.274 e. The zero-order valence-electron chi connectivity index (χ0n) is 21.2. The average molecular weight is 552 g/mol. The second-order valence-corrected chi connectivity index (χ2v) is 9.62. The van der Waals surface area contributed by atoms with Gasteiger partial charge in [-0.25, -0.2) is 0 Å². The zero-order chi connectivity index (χ0) is 27.7. The first-order valence-electron chi connectivity index (χ1n) is 12.4. The Kier molecular flexibility index (Phi) is 8.23. The first-order valence-corrected chi connectivity index (χ1v) is 13.2. The molecule has 3 aromatic heterocycles. The maximum atomic E-state index is 13.2. The van der Waals surface area contributed by atoms with E-state index in [-0.39, 0.29) is 11.7 Å². The van der Waals surface area contributed by atoms with Crippen molar-refractivity contribution in [3.63, 3.8) is 0 Å². The van der Waals surface area contributed by atoms with Gasteiger partial charge in [-0.3, -0.25) is 24.9 Å². The number of nitrogens with one attached hydrogen (secondary N) is 4. The van der Waals surface area contributed by atoms with Gasteiger partial charge in [-0.1, -0.05) is 30.3 Å². The second-order valence-electron chi connectivity index (χ2n) is 8.71. The van der Waals surface area contributed by atoms with E-state index in [0.29, 0.717) is 29.3 Å². The number of carbonyl (C=O) groups is 1. The van der Waals surface area contributed by atoms with E-state index in [0.717, 1.165) is 33.9 Å². The molecule has 0 saturated carbocycles. The number of fused-ring (bicyclic) bond motifs is 1. The van der Waals surface area contributed by atoms with Crippen molar-refractivity contribution in [2.45, 2.75) is 13.1 Å². The summed E-state index contributed by atoms with van der Waals surface area (Å²) in [6, 6.07) is 22.4. The van der Waals surface area contributed by atoms with Crippen LogP contribution in [-0.2, 0) is 13.1 Å². The lowest BCUT2D eigenvalue weighted by Crippen LogP contribution is -2.20. The van der Waals surface area contributed by atoms with Crippen molar-refractivity contribution in [1.29, 1.82) is 0 Å². The Morgan fingerprint density at radius 1 is 0.950 bits per heavy atom. The van der Waals surface area contributed by atoms with Crippen LogP contribution in [0.25, 0.3) is 10.9 Å². The van der Waals surface area contributed by atoms with Crippen LogP contribution in [0.1, 0.15) is 20.8 Å². The lowest BCUT2D eigenvalue weighted by atomic mass is 10.1. The highest BCUT2D eigenvalue weighted by Gasteiger charge is 2.15. The van der Waals surface area contributed by atoms with Crippen LogP contribution in [0, 0.1) is 10.1 Å².